The first-order valence-corrected chi connectivity index (χ1v) is 9.73. The van der Waals surface area contributed by atoms with E-state index < -0.39 is 0 Å². The third-order valence-electron chi connectivity index (χ3n) is 3.95. The number of unbranched alkanes of at least 4 members (excludes halogenated alkanes) is 6. The lowest BCUT2D eigenvalue weighted by molar-refractivity contribution is -0.0199. The summed E-state index contributed by atoms with van der Waals surface area (Å²) in [5.41, 5.74) is 0. The molecule has 0 spiro atoms. The summed E-state index contributed by atoms with van der Waals surface area (Å²) in [4.78, 5) is 0. The summed E-state index contributed by atoms with van der Waals surface area (Å²) >= 11 is 0. The van der Waals surface area contributed by atoms with Gasteiger partial charge >= 0.3 is 0 Å². The average Bonchev–Trinajstić information content (AvgIpc) is 2.56. The first-order chi connectivity index (χ1) is 11.3. The lowest BCUT2D eigenvalue weighted by Gasteiger charge is -2.18. The molecule has 0 heterocycles. The minimum atomic E-state index is 0.0702. The van der Waals surface area contributed by atoms with Gasteiger partial charge in [0.25, 0.3) is 0 Å². The molecule has 1 atom stereocenters. The highest BCUT2D eigenvalue weighted by atomic mass is 16.5. The Morgan fingerprint density at radius 3 is 1.83 bits per heavy atom. The summed E-state index contributed by atoms with van der Waals surface area (Å²) in [5, 5.41) is 8.59. The Kier molecular flexibility index (Phi) is 19.7. The van der Waals surface area contributed by atoms with Crippen LogP contribution in [0.1, 0.15) is 78.1 Å². The van der Waals surface area contributed by atoms with E-state index in [-0.39, 0.29) is 6.61 Å². The maximum Gasteiger partial charge on any atom is 0.0704 e. The van der Waals surface area contributed by atoms with Crippen LogP contribution in [-0.4, -0.2) is 50.9 Å². The fraction of sp³-hybridized carbons (Fsp3) is 1.00. The Labute approximate surface area is 143 Å². The molecule has 0 radical (unpaired) electrons. The van der Waals surface area contributed by atoms with Crippen LogP contribution in [-0.2, 0) is 14.2 Å². The first-order valence-electron chi connectivity index (χ1n) is 9.73. The van der Waals surface area contributed by atoms with E-state index in [9.17, 15) is 0 Å². The van der Waals surface area contributed by atoms with Crippen molar-refractivity contribution in [2.24, 2.45) is 0 Å². The van der Waals surface area contributed by atoms with Crippen LogP contribution >= 0.6 is 0 Å². The molecule has 0 bridgehead atoms. The van der Waals surface area contributed by atoms with E-state index in [4.69, 9.17) is 19.3 Å². The Morgan fingerprint density at radius 1 is 0.652 bits per heavy atom. The Balaban J connectivity index is 3.61. The zero-order valence-electron chi connectivity index (χ0n) is 15.6. The highest BCUT2D eigenvalue weighted by molar-refractivity contribution is 4.60. The monoisotopic (exact) mass is 332 g/mol. The second kappa shape index (κ2) is 19.9. The third-order valence-corrected chi connectivity index (χ3v) is 3.95. The van der Waals surface area contributed by atoms with Crippen molar-refractivity contribution in [2.45, 2.75) is 84.2 Å². The van der Waals surface area contributed by atoms with Crippen LogP contribution in [0.2, 0.25) is 0 Å². The SMILES string of the molecule is CCCCCCCC(CCCCC)OCCOCCOCCO. The van der Waals surface area contributed by atoms with Gasteiger partial charge in [0, 0.05) is 0 Å². The number of aliphatic hydroxyl groups is 1. The molecular formula is C19H40O4. The summed E-state index contributed by atoms with van der Waals surface area (Å²) in [5.74, 6) is 0. The van der Waals surface area contributed by atoms with Gasteiger partial charge in [-0.1, -0.05) is 65.2 Å². The van der Waals surface area contributed by atoms with Gasteiger partial charge in [0.15, 0.2) is 0 Å². The van der Waals surface area contributed by atoms with Crippen molar-refractivity contribution in [3.05, 3.63) is 0 Å². The molecule has 0 rings (SSSR count). The van der Waals surface area contributed by atoms with Gasteiger partial charge in [-0.3, -0.25) is 0 Å². The van der Waals surface area contributed by atoms with Gasteiger partial charge in [-0.2, -0.15) is 0 Å². The van der Waals surface area contributed by atoms with Crippen LogP contribution in [0.4, 0.5) is 0 Å². The molecule has 0 fully saturated rings. The van der Waals surface area contributed by atoms with E-state index in [0.29, 0.717) is 39.1 Å². The maximum absolute atomic E-state index is 8.59. The fourth-order valence-electron chi connectivity index (χ4n) is 2.57. The number of rotatable bonds is 19. The molecule has 0 aliphatic carbocycles. The topological polar surface area (TPSA) is 47.9 Å². The predicted octanol–water partition coefficient (Wildman–Crippen LogP) is 4.34. The van der Waals surface area contributed by atoms with Crippen molar-refractivity contribution in [3.8, 4) is 0 Å². The molecule has 0 saturated heterocycles. The standard InChI is InChI=1S/C19H40O4/c1-3-5-7-8-10-12-19(11-9-6-4-2)23-18-17-22-16-15-21-14-13-20/h19-20H,3-18H2,1-2H3. The second-order valence-corrected chi connectivity index (χ2v) is 6.14. The van der Waals surface area contributed by atoms with Gasteiger partial charge in [0.2, 0.25) is 0 Å². The molecule has 23 heavy (non-hydrogen) atoms. The predicted molar refractivity (Wildman–Crippen MR) is 96.0 cm³/mol. The fourth-order valence-corrected chi connectivity index (χ4v) is 2.57. The van der Waals surface area contributed by atoms with Gasteiger partial charge in [-0.15, -0.1) is 0 Å². The molecule has 4 nitrogen and oxygen atoms in total. The molecule has 0 aliphatic heterocycles. The van der Waals surface area contributed by atoms with Gasteiger partial charge in [0.05, 0.1) is 45.7 Å². The van der Waals surface area contributed by atoms with Crippen LogP contribution in [0, 0.1) is 0 Å². The molecule has 140 valence electrons. The van der Waals surface area contributed by atoms with Crippen LogP contribution in [0.5, 0.6) is 0 Å². The summed E-state index contributed by atoms with van der Waals surface area (Å²) in [7, 11) is 0. The molecule has 0 saturated carbocycles. The van der Waals surface area contributed by atoms with Crippen LogP contribution < -0.4 is 0 Å². The second-order valence-electron chi connectivity index (χ2n) is 6.14. The lowest BCUT2D eigenvalue weighted by atomic mass is 10.0. The Bertz CT molecular complexity index is 212. The highest BCUT2D eigenvalue weighted by Gasteiger charge is 2.08. The lowest BCUT2D eigenvalue weighted by Crippen LogP contribution is -2.17. The highest BCUT2D eigenvalue weighted by Crippen LogP contribution is 2.15. The van der Waals surface area contributed by atoms with E-state index in [0.717, 1.165) is 0 Å². The summed E-state index contributed by atoms with van der Waals surface area (Å²) in [6.07, 6.45) is 13.2. The number of hydrogen-bond donors (Lipinski definition) is 1. The maximum atomic E-state index is 8.59. The van der Waals surface area contributed by atoms with E-state index in [2.05, 4.69) is 13.8 Å². The quantitative estimate of drug-likeness (QED) is 0.358. The zero-order valence-corrected chi connectivity index (χ0v) is 15.6. The van der Waals surface area contributed by atoms with Crippen molar-refractivity contribution in [1.82, 2.24) is 0 Å². The summed E-state index contributed by atoms with van der Waals surface area (Å²) < 4.78 is 16.6. The van der Waals surface area contributed by atoms with Crippen molar-refractivity contribution in [1.29, 1.82) is 0 Å². The van der Waals surface area contributed by atoms with Crippen molar-refractivity contribution in [3.63, 3.8) is 0 Å². The van der Waals surface area contributed by atoms with Gasteiger partial charge < -0.3 is 19.3 Å². The first kappa shape index (κ1) is 22.8. The van der Waals surface area contributed by atoms with Crippen LogP contribution in [0.25, 0.3) is 0 Å². The van der Waals surface area contributed by atoms with E-state index in [1.54, 1.807) is 0 Å². The molecule has 0 aromatic carbocycles. The Morgan fingerprint density at radius 2 is 1.17 bits per heavy atom. The molecule has 1 N–H and O–H groups in total. The summed E-state index contributed by atoms with van der Waals surface area (Å²) in [6.45, 7) is 7.37. The summed E-state index contributed by atoms with van der Waals surface area (Å²) in [6, 6.07) is 0. The van der Waals surface area contributed by atoms with Gasteiger partial charge in [0.1, 0.15) is 0 Å². The van der Waals surface area contributed by atoms with Crippen molar-refractivity contribution in [2.75, 3.05) is 39.6 Å². The molecule has 1 unspecified atom stereocenters. The zero-order chi connectivity index (χ0) is 17.0. The minimum Gasteiger partial charge on any atom is -0.394 e. The van der Waals surface area contributed by atoms with Crippen molar-refractivity contribution >= 4 is 0 Å². The normalized spacial score (nSPS) is 12.7. The molecule has 0 aromatic heterocycles. The molecule has 4 heteroatoms. The molecular weight excluding hydrogens is 292 g/mol. The number of hydrogen-bond acceptors (Lipinski definition) is 4. The Hall–Kier alpha value is -0.160. The minimum absolute atomic E-state index is 0.0702. The number of ether oxygens (including phenoxy) is 3. The smallest absolute Gasteiger partial charge is 0.0704 e. The average molecular weight is 333 g/mol. The van der Waals surface area contributed by atoms with Gasteiger partial charge in [-0.25, -0.2) is 0 Å². The molecule has 0 aliphatic rings. The number of aliphatic hydroxyl groups excluding tert-OH is 1. The third kappa shape index (κ3) is 18.0. The van der Waals surface area contributed by atoms with E-state index in [1.807, 2.05) is 0 Å². The largest absolute Gasteiger partial charge is 0.394 e. The van der Waals surface area contributed by atoms with Crippen molar-refractivity contribution < 1.29 is 19.3 Å². The molecule has 0 amide bonds. The van der Waals surface area contributed by atoms with E-state index >= 15 is 0 Å². The van der Waals surface area contributed by atoms with Gasteiger partial charge in [-0.05, 0) is 12.8 Å². The molecule has 0 aromatic rings. The van der Waals surface area contributed by atoms with Crippen LogP contribution in [0.15, 0.2) is 0 Å². The van der Waals surface area contributed by atoms with E-state index in [1.165, 1.54) is 64.2 Å². The van der Waals surface area contributed by atoms with Crippen LogP contribution in [0.3, 0.4) is 0 Å².